The van der Waals surface area contributed by atoms with Crippen LogP contribution in [0.5, 0.6) is 5.75 Å². The lowest BCUT2D eigenvalue weighted by molar-refractivity contribution is -0.132. The molecule has 5 amide bonds. The van der Waals surface area contributed by atoms with Crippen LogP contribution in [0.3, 0.4) is 0 Å². The van der Waals surface area contributed by atoms with Crippen LogP contribution >= 0.6 is 0 Å². The van der Waals surface area contributed by atoms with Crippen molar-refractivity contribution in [1.29, 1.82) is 0 Å². The second-order valence-corrected chi connectivity index (χ2v) is 12.4. The molecule has 47 heavy (non-hydrogen) atoms. The van der Waals surface area contributed by atoms with Gasteiger partial charge in [-0.2, -0.15) is 0 Å². The number of amides is 5. The molecule has 11 nitrogen and oxygen atoms in total. The first-order valence-corrected chi connectivity index (χ1v) is 16.9. The maximum Gasteiger partial charge on any atom is 0.255 e. The summed E-state index contributed by atoms with van der Waals surface area (Å²) < 4.78 is 5.95. The molecule has 11 heteroatoms. The summed E-state index contributed by atoms with van der Waals surface area (Å²) in [5.74, 6) is -1.56. The third-order valence-corrected chi connectivity index (χ3v) is 7.87. The number of nitrogens with one attached hydrogen (secondary N) is 5. The molecule has 0 bridgehead atoms. The van der Waals surface area contributed by atoms with Gasteiger partial charge in [0.1, 0.15) is 23.9 Å². The Hall–Kier alpha value is -4.41. The van der Waals surface area contributed by atoms with Crippen molar-refractivity contribution in [3.63, 3.8) is 0 Å². The lowest BCUT2D eigenvalue weighted by Crippen LogP contribution is -2.55. The van der Waals surface area contributed by atoms with Crippen molar-refractivity contribution in [2.24, 2.45) is 5.92 Å². The smallest absolute Gasteiger partial charge is 0.255 e. The van der Waals surface area contributed by atoms with E-state index in [-0.39, 0.29) is 24.7 Å². The zero-order chi connectivity index (χ0) is 34.0. The minimum absolute atomic E-state index is 0.0190. The van der Waals surface area contributed by atoms with Gasteiger partial charge in [-0.25, -0.2) is 0 Å². The number of carbonyl (C=O) groups excluding carboxylic acids is 5. The normalized spacial score (nSPS) is 21.0. The van der Waals surface area contributed by atoms with Crippen molar-refractivity contribution in [3.8, 4) is 5.75 Å². The first-order chi connectivity index (χ1) is 22.7. The zero-order valence-electron chi connectivity index (χ0n) is 27.9. The molecule has 0 aromatic heterocycles. The van der Waals surface area contributed by atoms with Crippen molar-refractivity contribution in [1.82, 2.24) is 26.6 Å². The molecule has 3 atom stereocenters. The number of rotatable bonds is 7. The van der Waals surface area contributed by atoms with Crippen LogP contribution in [-0.4, -0.2) is 67.4 Å². The van der Waals surface area contributed by atoms with Crippen LogP contribution in [0.2, 0.25) is 0 Å². The molecule has 0 fully saturated rings. The Labute approximate surface area is 278 Å². The first-order valence-electron chi connectivity index (χ1n) is 16.9. The number of fused-ring (bicyclic) bond motifs is 1. The van der Waals surface area contributed by atoms with Crippen LogP contribution in [0, 0.1) is 5.92 Å². The van der Waals surface area contributed by atoms with Crippen LogP contribution in [0.1, 0.15) is 88.1 Å². The molecule has 1 heterocycles. The van der Waals surface area contributed by atoms with Gasteiger partial charge in [0.2, 0.25) is 23.6 Å². The van der Waals surface area contributed by atoms with Gasteiger partial charge >= 0.3 is 0 Å². The fraction of sp³-hybridized carbons (Fsp3) is 0.528. The third-order valence-electron chi connectivity index (χ3n) is 7.87. The van der Waals surface area contributed by atoms with Gasteiger partial charge in [0.25, 0.3) is 5.91 Å². The van der Waals surface area contributed by atoms with Crippen molar-refractivity contribution < 1.29 is 28.7 Å². The molecule has 3 rings (SSSR count). The predicted octanol–water partition coefficient (Wildman–Crippen LogP) is 3.42. The van der Waals surface area contributed by atoms with Crippen molar-refractivity contribution in [2.75, 3.05) is 19.7 Å². The summed E-state index contributed by atoms with van der Waals surface area (Å²) in [6.07, 6.45) is 4.50. The summed E-state index contributed by atoms with van der Waals surface area (Å²) in [6.45, 7) is 7.10. The number of carbonyl (C=O) groups is 5. The number of hydrogen-bond donors (Lipinski definition) is 5. The maximum absolute atomic E-state index is 13.6. The number of para-hydroxylation sites is 1. The summed E-state index contributed by atoms with van der Waals surface area (Å²) in [7, 11) is 0. The largest absolute Gasteiger partial charge is 0.493 e. The predicted molar refractivity (Wildman–Crippen MR) is 181 cm³/mol. The highest BCUT2D eigenvalue weighted by atomic mass is 16.5. The van der Waals surface area contributed by atoms with Crippen molar-refractivity contribution >= 4 is 29.5 Å². The van der Waals surface area contributed by atoms with Gasteiger partial charge < -0.3 is 31.3 Å². The average molecular weight is 650 g/mol. The molecular formula is C36H51N5O6. The number of benzene rings is 2. The lowest BCUT2D eigenvalue weighted by atomic mass is 10.0. The highest BCUT2D eigenvalue weighted by Gasteiger charge is 2.29. The molecule has 5 N–H and O–H groups in total. The minimum Gasteiger partial charge on any atom is -0.493 e. The topological polar surface area (TPSA) is 155 Å². The van der Waals surface area contributed by atoms with E-state index in [1.54, 1.807) is 24.3 Å². The number of hydrogen-bond acceptors (Lipinski definition) is 6. The van der Waals surface area contributed by atoms with Crippen molar-refractivity contribution in [3.05, 3.63) is 65.7 Å². The molecule has 0 saturated heterocycles. The molecule has 1 aliphatic rings. The molecule has 2 aromatic rings. The summed E-state index contributed by atoms with van der Waals surface area (Å²) in [5.41, 5.74) is 1.20. The summed E-state index contributed by atoms with van der Waals surface area (Å²) in [5, 5.41) is 14.3. The van der Waals surface area contributed by atoms with Gasteiger partial charge in [-0.3, -0.25) is 24.0 Å². The fourth-order valence-corrected chi connectivity index (χ4v) is 5.33. The maximum atomic E-state index is 13.6. The SMILES string of the molecule is CCCNC(=O)[C@@H]1CCC(=O)N[C@@H](CC(C)C)C(=O)N[C@@H](Cc2ccccc2)C(=O)NCCCCCCOc2ccccc2C(=O)N1. The Bertz CT molecular complexity index is 1320. The molecule has 2 aromatic carbocycles. The molecule has 0 aliphatic carbocycles. The summed E-state index contributed by atoms with van der Waals surface area (Å²) in [4.78, 5) is 66.6. The van der Waals surface area contributed by atoms with Gasteiger partial charge in [-0.1, -0.05) is 76.1 Å². The van der Waals surface area contributed by atoms with Crippen LogP contribution in [0.25, 0.3) is 0 Å². The molecule has 0 spiro atoms. The lowest BCUT2D eigenvalue weighted by Gasteiger charge is -2.25. The van der Waals surface area contributed by atoms with Crippen LogP contribution in [0.4, 0.5) is 0 Å². The van der Waals surface area contributed by atoms with E-state index in [0.29, 0.717) is 50.3 Å². The van der Waals surface area contributed by atoms with E-state index in [1.165, 1.54) is 0 Å². The van der Waals surface area contributed by atoms with Gasteiger partial charge in [0, 0.05) is 25.9 Å². The Kier molecular flexibility index (Phi) is 15.7. The molecule has 0 saturated carbocycles. The van der Waals surface area contributed by atoms with E-state index >= 15 is 0 Å². The summed E-state index contributed by atoms with van der Waals surface area (Å²) in [6, 6.07) is 13.6. The summed E-state index contributed by atoms with van der Waals surface area (Å²) >= 11 is 0. The van der Waals surface area contributed by atoms with Crippen LogP contribution < -0.4 is 31.3 Å². The second kappa shape index (κ2) is 20.0. The Morgan fingerprint density at radius 2 is 1.60 bits per heavy atom. The first kappa shape index (κ1) is 37.1. The quantitative estimate of drug-likeness (QED) is 0.310. The molecular weight excluding hydrogens is 598 g/mol. The number of ether oxygens (including phenoxy) is 1. The van der Waals surface area contributed by atoms with E-state index in [4.69, 9.17) is 4.74 Å². The van der Waals surface area contributed by atoms with Gasteiger partial charge in [-0.05, 0) is 55.7 Å². The van der Waals surface area contributed by atoms with Gasteiger partial charge in [0.15, 0.2) is 0 Å². The highest BCUT2D eigenvalue weighted by Crippen LogP contribution is 2.19. The zero-order valence-corrected chi connectivity index (χ0v) is 27.9. The van der Waals surface area contributed by atoms with Crippen molar-refractivity contribution in [2.45, 2.75) is 96.7 Å². The standard InChI is InChI=1S/C36H51N5O6/c1-4-20-37-34(44)28-18-19-32(42)39-29(23-25(2)3)36(46)41-30(24-26-14-8-7-9-15-26)35(45)38-21-12-5-6-13-22-47-31-17-11-10-16-27(31)33(43)40-28/h7-11,14-17,25,28-30H,4-6,12-13,18-24H2,1-3H3,(H,37,44)(H,38,45)(H,39,42)(H,40,43)(H,41,46)/t28-,29-,30-/m0/s1. The van der Waals surface area contributed by atoms with E-state index in [9.17, 15) is 24.0 Å². The van der Waals surface area contributed by atoms with Gasteiger partial charge in [-0.15, -0.1) is 0 Å². The third kappa shape index (κ3) is 13.1. The van der Waals surface area contributed by atoms with E-state index in [0.717, 1.165) is 31.2 Å². The second-order valence-electron chi connectivity index (χ2n) is 12.4. The Morgan fingerprint density at radius 3 is 2.34 bits per heavy atom. The minimum atomic E-state index is -0.984. The fourth-order valence-electron chi connectivity index (χ4n) is 5.33. The monoisotopic (exact) mass is 649 g/mol. The van der Waals surface area contributed by atoms with E-state index in [1.807, 2.05) is 51.1 Å². The molecule has 0 radical (unpaired) electrons. The molecule has 1 aliphatic heterocycles. The highest BCUT2D eigenvalue weighted by molar-refractivity contribution is 6.00. The van der Waals surface area contributed by atoms with Crippen LogP contribution in [-0.2, 0) is 25.6 Å². The van der Waals surface area contributed by atoms with E-state index < -0.39 is 41.8 Å². The molecule has 256 valence electrons. The van der Waals surface area contributed by atoms with E-state index in [2.05, 4.69) is 26.6 Å². The average Bonchev–Trinajstić information content (AvgIpc) is 3.05. The molecule has 0 unspecified atom stereocenters. The Balaban J connectivity index is 1.84. The Morgan fingerprint density at radius 1 is 0.872 bits per heavy atom. The van der Waals surface area contributed by atoms with Gasteiger partial charge in [0.05, 0.1) is 12.2 Å². The van der Waals surface area contributed by atoms with Crippen LogP contribution in [0.15, 0.2) is 54.6 Å².